The topological polar surface area (TPSA) is 37.3 Å². The van der Waals surface area contributed by atoms with Crippen molar-refractivity contribution in [1.29, 1.82) is 0 Å². The molecule has 0 rings (SSSR count). The number of rotatable bonds is 14. The van der Waals surface area contributed by atoms with Gasteiger partial charge in [0.15, 0.2) is 0 Å². The van der Waals surface area contributed by atoms with E-state index in [4.69, 9.17) is 5.11 Å². The largest absolute Gasteiger partial charge is 0.396 e. The van der Waals surface area contributed by atoms with E-state index in [1.54, 1.807) is 6.92 Å². The van der Waals surface area contributed by atoms with Crippen LogP contribution in [0.4, 0.5) is 0 Å². The SMILES string of the molecule is CC(=O)CCCCCCC/C=C\CCCCCCO. The zero-order valence-corrected chi connectivity index (χ0v) is 12.7. The second-order valence-electron chi connectivity index (χ2n) is 5.41. The summed E-state index contributed by atoms with van der Waals surface area (Å²) in [6.07, 6.45) is 18.5. The summed E-state index contributed by atoms with van der Waals surface area (Å²) in [5.74, 6) is 0.321. The summed E-state index contributed by atoms with van der Waals surface area (Å²) in [7, 11) is 0. The molecule has 0 saturated heterocycles. The van der Waals surface area contributed by atoms with Crippen LogP contribution in [-0.2, 0) is 4.79 Å². The molecule has 0 aliphatic rings. The minimum Gasteiger partial charge on any atom is -0.396 e. The number of aliphatic hydroxyl groups is 1. The lowest BCUT2D eigenvalue weighted by molar-refractivity contribution is -0.117. The molecule has 112 valence electrons. The Morgan fingerprint density at radius 3 is 1.79 bits per heavy atom. The van der Waals surface area contributed by atoms with Crippen molar-refractivity contribution in [2.75, 3.05) is 6.61 Å². The third-order valence-electron chi connectivity index (χ3n) is 3.35. The molecular weight excluding hydrogens is 236 g/mol. The average molecular weight is 268 g/mol. The normalized spacial score (nSPS) is 11.3. The molecule has 2 nitrogen and oxygen atoms in total. The Morgan fingerprint density at radius 2 is 1.26 bits per heavy atom. The lowest BCUT2D eigenvalue weighted by Gasteiger charge is -1.99. The molecule has 0 bridgehead atoms. The van der Waals surface area contributed by atoms with Crippen LogP contribution in [0.5, 0.6) is 0 Å². The van der Waals surface area contributed by atoms with Crippen molar-refractivity contribution >= 4 is 5.78 Å². The summed E-state index contributed by atoms with van der Waals surface area (Å²) in [5, 5.41) is 8.64. The minimum absolute atomic E-state index is 0.321. The second-order valence-corrected chi connectivity index (χ2v) is 5.41. The van der Waals surface area contributed by atoms with Crippen LogP contribution in [0.25, 0.3) is 0 Å². The molecule has 0 aromatic carbocycles. The molecule has 1 N–H and O–H groups in total. The predicted molar refractivity (Wildman–Crippen MR) is 82.3 cm³/mol. The van der Waals surface area contributed by atoms with Crippen LogP contribution in [-0.4, -0.2) is 17.5 Å². The Bertz CT molecular complexity index is 221. The quantitative estimate of drug-likeness (QED) is 0.363. The van der Waals surface area contributed by atoms with E-state index in [-0.39, 0.29) is 0 Å². The van der Waals surface area contributed by atoms with E-state index in [9.17, 15) is 4.79 Å². The number of allylic oxidation sites excluding steroid dienone is 2. The number of ketones is 1. The van der Waals surface area contributed by atoms with Gasteiger partial charge in [-0.15, -0.1) is 0 Å². The highest BCUT2D eigenvalue weighted by Gasteiger charge is 1.93. The highest BCUT2D eigenvalue weighted by atomic mass is 16.2. The van der Waals surface area contributed by atoms with E-state index in [1.807, 2.05) is 0 Å². The molecule has 0 atom stereocenters. The molecule has 19 heavy (non-hydrogen) atoms. The summed E-state index contributed by atoms with van der Waals surface area (Å²) < 4.78 is 0. The molecule has 0 saturated carbocycles. The molecule has 0 fully saturated rings. The smallest absolute Gasteiger partial charge is 0.129 e. The first-order chi connectivity index (χ1) is 9.27. The summed E-state index contributed by atoms with van der Waals surface area (Å²) >= 11 is 0. The first-order valence-electron chi connectivity index (χ1n) is 8.02. The highest BCUT2D eigenvalue weighted by molar-refractivity contribution is 5.75. The van der Waals surface area contributed by atoms with Crippen molar-refractivity contribution in [1.82, 2.24) is 0 Å². The first-order valence-corrected chi connectivity index (χ1v) is 8.02. The van der Waals surface area contributed by atoms with Gasteiger partial charge in [-0.2, -0.15) is 0 Å². The Morgan fingerprint density at radius 1 is 0.789 bits per heavy atom. The number of Topliss-reactive ketones (excluding diaryl/α,β-unsaturated/α-hetero) is 1. The number of hydrogen-bond donors (Lipinski definition) is 1. The van der Waals surface area contributed by atoms with Gasteiger partial charge in [0.05, 0.1) is 0 Å². The van der Waals surface area contributed by atoms with Gasteiger partial charge in [0.1, 0.15) is 5.78 Å². The number of hydrogen-bond acceptors (Lipinski definition) is 2. The molecule has 0 heterocycles. The van der Waals surface area contributed by atoms with Crippen LogP contribution >= 0.6 is 0 Å². The molecule has 0 aliphatic carbocycles. The number of carbonyl (C=O) groups excluding carboxylic acids is 1. The van der Waals surface area contributed by atoms with Crippen molar-refractivity contribution < 1.29 is 9.90 Å². The van der Waals surface area contributed by atoms with E-state index < -0.39 is 0 Å². The van der Waals surface area contributed by atoms with E-state index >= 15 is 0 Å². The van der Waals surface area contributed by atoms with Gasteiger partial charge in [-0.1, -0.05) is 44.3 Å². The zero-order chi connectivity index (χ0) is 14.2. The van der Waals surface area contributed by atoms with Crippen LogP contribution in [0, 0.1) is 0 Å². The van der Waals surface area contributed by atoms with Gasteiger partial charge in [0, 0.05) is 13.0 Å². The molecule has 0 aromatic rings. The molecule has 0 radical (unpaired) electrons. The fourth-order valence-electron chi connectivity index (χ4n) is 2.13. The summed E-state index contributed by atoms with van der Waals surface area (Å²) in [5.41, 5.74) is 0. The Hall–Kier alpha value is -0.630. The Labute approximate surface area is 119 Å². The highest BCUT2D eigenvalue weighted by Crippen LogP contribution is 2.08. The van der Waals surface area contributed by atoms with Gasteiger partial charge in [-0.3, -0.25) is 0 Å². The predicted octanol–water partition coefficient (Wildman–Crippen LogP) is 4.81. The summed E-state index contributed by atoms with van der Waals surface area (Å²) in [6, 6.07) is 0. The average Bonchev–Trinajstić information content (AvgIpc) is 2.39. The summed E-state index contributed by atoms with van der Waals surface area (Å²) in [4.78, 5) is 10.7. The van der Waals surface area contributed by atoms with Gasteiger partial charge in [-0.05, 0) is 45.4 Å². The van der Waals surface area contributed by atoms with Crippen molar-refractivity contribution in [2.24, 2.45) is 0 Å². The van der Waals surface area contributed by atoms with Gasteiger partial charge >= 0.3 is 0 Å². The van der Waals surface area contributed by atoms with Gasteiger partial charge in [0.2, 0.25) is 0 Å². The van der Waals surface area contributed by atoms with Crippen molar-refractivity contribution in [3.63, 3.8) is 0 Å². The molecule has 0 spiro atoms. The third-order valence-corrected chi connectivity index (χ3v) is 3.35. The van der Waals surface area contributed by atoms with Crippen LogP contribution < -0.4 is 0 Å². The zero-order valence-electron chi connectivity index (χ0n) is 12.7. The molecule has 0 aliphatic heterocycles. The van der Waals surface area contributed by atoms with E-state index in [0.717, 1.165) is 25.7 Å². The molecular formula is C17H32O2. The molecule has 0 amide bonds. The summed E-state index contributed by atoms with van der Waals surface area (Å²) in [6.45, 7) is 2.01. The lowest BCUT2D eigenvalue weighted by Crippen LogP contribution is -1.89. The van der Waals surface area contributed by atoms with E-state index in [1.165, 1.54) is 51.4 Å². The molecule has 2 heteroatoms. The number of carbonyl (C=O) groups is 1. The van der Waals surface area contributed by atoms with E-state index in [0.29, 0.717) is 12.4 Å². The maximum absolute atomic E-state index is 10.7. The maximum Gasteiger partial charge on any atom is 0.129 e. The maximum atomic E-state index is 10.7. The minimum atomic E-state index is 0.321. The van der Waals surface area contributed by atoms with Crippen LogP contribution in [0.15, 0.2) is 12.2 Å². The Kier molecular flexibility index (Phi) is 14.9. The second kappa shape index (κ2) is 15.4. The molecule has 0 unspecified atom stereocenters. The van der Waals surface area contributed by atoms with Gasteiger partial charge in [0.25, 0.3) is 0 Å². The van der Waals surface area contributed by atoms with Crippen molar-refractivity contribution in [2.45, 2.75) is 84.0 Å². The number of aliphatic hydroxyl groups excluding tert-OH is 1. The standard InChI is InChI=1S/C17H32O2/c1-17(19)15-13-11-9-7-5-3-2-4-6-8-10-12-14-16-18/h2,4,18H,3,5-16H2,1H3/b4-2-. The lowest BCUT2D eigenvalue weighted by atomic mass is 10.1. The fraction of sp³-hybridized carbons (Fsp3) is 0.824. The third kappa shape index (κ3) is 17.4. The van der Waals surface area contributed by atoms with Crippen LogP contribution in [0.1, 0.15) is 84.0 Å². The van der Waals surface area contributed by atoms with Gasteiger partial charge in [-0.25, -0.2) is 0 Å². The molecule has 0 aromatic heterocycles. The monoisotopic (exact) mass is 268 g/mol. The van der Waals surface area contributed by atoms with Gasteiger partial charge < -0.3 is 9.90 Å². The number of unbranched alkanes of at least 4 members (excludes halogenated alkanes) is 9. The fourth-order valence-corrected chi connectivity index (χ4v) is 2.13. The van der Waals surface area contributed by atoms with Crippen molar-refractivity contribution in [3.05, 3.63) is 12.2 Å². The van der Waals surface area contributed by atoms with Crippen molar-refractivity contribution in [3.8, 4) is 0 Å². The first kappa shape index (κ1) is 18.4. The Balaban J connectivity index is 3.06. The van der Waals surface area contributed by atoms with Crippen LogP contribution in [0.3, 0.4) is 0 Å². The van der Waals surface area contributed by atoms with Crippen LogP contribution in [0.2, 0.25) is 0 Å². The van der Waals surface area contributed by atoms with E-state index in [2.05, 4.69) is 12.2 Å².